The molecule has 7 heteroatoms. The molecule has 1 aliphatic rings. The van der Waals surface area contributed by atoms with Crippen LogP contribution in [-0.2, 0) is 0 Å². The van der Waals surface area contributed by atoms with Crippen molar-refractivity contribution in [2.75, 3.05) is 13.1 Å². The number of hydrogen-bond donors (Lipinski definition) is 2. The highest BCUT2D eigenvalue weighted by atomic mass is 35.5. The Bertz CT molecular complexity index is 1070. The van der Waals surface area contributed by atoms with Gasteiger partial charge in [-0.3, -0.25) is 14.7 Å². The van der Waals surface area contributed by atoms with E-state index in [9.17, 15) is 9.59 Å². The van der Waals surface area contributed by atoms with Gasteiger partial charge in [0.25, 0.3) is 11.8 Å². The molecule has 0 atom stereocenters. The number of rotatable bonds is 4. The lowest BCUT2D eigenvalue weighted by atomic mass is 10.0. The molecule has 0 spiro atoms. The van der Waals surface area contributed by atoms with Crippen LogP contribution in [0.5, 0.6) is 0 Å². The molecule has 2 aromatic carbocycles. The van der Waals surface area contributed by atoms with E-state index >= 15 is 0 Å². The van der Waals surface area contributed by atoms with Crippen LogP contribution < -0.4 is 5.32 Å². The van der Waals surface area contributed by atoms with E-state index in [2.05, 4.69) is 15.5 Å². The highest BCUT2D eigenvalue weighted by molar-refractivity contribution is 6.30. The van der Waals surface area contributed by atoms with Crippen LogP contribution in [0.25, 0.3) is 11.3 Å². The van der Waals surface area contributed by atoms with Gasteiger partial charge in [0.05, 0.1) is 5.69 Å². The lowest BCUT2D eigenvalue weighted by molar-refractivity contribution is 0.0692. The predicted molar refractivity (Wildman–Crippen MR) is 117 cm³/mol. The molecule has 0 bridgehead atoms. The number of nitrogens with zero attached hydrogens (tertiary/aromatic N) is 2. The average molecular weight is 423 g/mol. The monoisotopic (exact) mass is 422 g/mol. The number of carbonyl (C=O) groups is 2. The van der Waals surface area contributed by atoms with Crippen molar-refractivity contribution < 1.29 is 9.59 Å². The highest BCUT2D eigenvalue weighted by Crippen LogP contribution is 2.22. The molecule has 1 aliphatic heterocycles. The number of amides is 2. The van der Waals surface area contributed by atoms with Crippen molar-refractivity contribution in [3.8, 4) is 11.3 Å². The zero-order valence-corrected chi connectivity index (χ0v) is 17.4. The number of nitrogens with one attached hydrogen (secondary N) is 2. The molecule has 0 saturated carbocycles. The highest BCUT2D eigenvalue weighted by Gasteiger charge is 2.26. The van der Waals surface area contributed by atoms with Crippen molar-refractivity contribution in [1.82, 2.24) is 20.4 Å². The minimum atomic E-state index is -0.0838. The molecule has 1 aromatic heterocycles. The Labute approximate surface area is 180 Å². The molecule has 0 unspecified atom stereocenters. The van der Waals surface area contributed by atoms with E-state index in [-0.39, 0.29) is 17.9 Å². The summed E-state index contributed by atoms with van der Waals surface area (Å²) in [6.07, 6.45) is 1.44. The van der Waals surface area contributed by atoms with Crippen LogP contribution in [0.2, 0.25) is 5.02 Å². The van der Waals surface area contributed by atoms with Gasteiger partial charge >= 0.3 is 0 Å². The maximum atomic E-state index is 12.8. The smallest absolute Gasteiger partial charge is 0.271 e. The summed E-state index contributed by atoms with van der Waals surface area (Å²) < 4.78 is 0. The number of benzene rings is 2. The molecular formula is C23H23ClN4O2. The molecule has 2 N–H and O–H groups in total. The zero-order valence-electron chi connectivity index (χ0n) is 16.7. The maximum Gasteiger partial charge on any atom is 0.271 e. The summed E-state index contributed by atoms with van der Waals surface area (Å²) in [5, 5.41) is 10.8. The Morgan fingerprint density at radius 3 is 2.60 bits per heavy atom. The van der Waals surface area contributed by atoms with Crippen molar-refractivity contribution in [3.05, 3.63) is 76.4 Å². The third kappa shape index (κ3) is 4.39. The van der Waals surface area contributed by atoms with E-state index in [1.807, 2.05) is 49.4 Å². The van der Waals surface area contributed by atoms with Crippen LogP contribution in [0.3, 0.4) is 0 Å². The van der Waals surface area contributed by atoms with Gasteiger partial charge in [-0.1, -0.05) is 41.9 Å². The van der Waals surface area contributed by atoms with Gasteiger partial charge in [0.1, 0.15) is 5.69 Å². The third-order valence-corrected chi connectivity index (χ3v) is 5.67. The number of aromatic nitrogens is 2. The van der Waals surface area contributed by atoms with Crippen molar-refractivity contribution >= 4 is 23.4 Å². The number of H-pyrrole nitrogens is 1. The molecule has 0 radical (unpaired) electrons. The molecule has 0 aliphatic carbocycles. The number of piperidine rings is 1. The van der Waals surface area contributed by atoms with E-state index in [0.717, 1.165) is 24.0 Å². The lowest BCUT2D eigenvalue weighted by Crippen LogP contribution is -2.46. The first kappa shape index (κ1) is 20.2. The van der Waals surface area contributed by atoms with Crippen LogP contribution in [-0.4, -0.2) is 46.0 Å². The largest absolute Gasteiger partial charge is 0.349 e. The molecule has 6 nitrogen and oxygen atoms in total. The molecule has 2 heterocycles. The average Bonchev–Trinajstić information content (AvgIpc) is 3.24. The SMILES string of the molecule is Cc1ccccc1C(=O)NC1CCN(C(=O)c2cc(-c3cccc(Cl)c3)n[nH]2)CC1. The Balaban J connectivity index is 1.35. The summed E-state index contributed by atoms with van der Waals surface area (Å²) in [5.74, 6) is -0.142. The normalized spacial score (nSPS) is 14.5. The first-order valence-corrected chi connectivity index (χ1v) is 10.4. The summed E-state index contributed by atoms with van der Waals surface area (Å²) in [6, 6.07) is 16.7. The van der Waals surface area contributed by atoms with Crippen LogP contribution in [0.1, 0.15) is 39.3 Å². The molecule has 2 amide bonds. The van der Waals surface area contributed by atoms with Crippen LogP contribution in [0.4, 0.5) is 0 Å². The number of halogens is 1. The molecule has 154 valence electrons. The van der Waals surface area contributed by atoms with Crippen molar-refractivity contribution in [2.45, 2.75) is 25.8 Å². The Hall–Kier alpha value is -3.12. The molecule has 4 rings (SSSR count). The van der Waals surface area contributed by atoms with Gasteiger partial charge in [0.2, 0.25) is 0 Å². The van der Waals surface area contributed by atoms with Gasteiger partial charge < -0.3 is 10.2 Å². The van der Waals surface area contributed by atoms with Gasteiger partial charge in [0, 0.05) is 35.3 Å². The molecule has 3 aromatic rings. The third-order valence-electron chi connectivity index (χ3n) is 5.44. The quantitative estimate of drug-likeness (QED) is 0.665. The first-order chi connectivity index (χ1) is 14.5. The maximum absolute atomic E-state index is 12.8. The van der Waals surface area contributed by atoms with Gasteiger partial charge in [-0.25, -0.2) is 0 Å². The van der Waals surface area contributed by atoms with E-state index in [1.54, 1.807) is 17.0 Å². The second-order valence-electron chi connectivity index (χ2n) is 7.53. The van der Waals surface area contributed by atoms with Gasteiger partial charge in [0.15, 0.2) is 0 Å². The predicted octanol–water partition coefficient (Wildman–Crippen LogP) is 4.07. The molecular weight excluding hydrogens is 400 g/mol. The first-order valence-electron chi connectivity index (χ1n) is 9.98. The summed E-state index contributed by atoms with van der Waals surface area (Å²) in [5.41, 5.74) is 3.64. The number of likely N-dealkylation sites (tertiary alicyclic amines) is 1. The molecule has 1 fully saturated rings. The number of aromatic amines is 1. The fourth-order valence-electron chi connectivity index (χ4n) is 3.72. The zero-order chi connectivity index (χ0) is 21.1. The van der Waals surface area contributed by atoms with Crippen molar-refractivity contribution in [2.24, 2.45) is 0 Å². The fraction of sp³-hybridized carbons (Fsp3) is 0.261. The van der Waals surface area contributed by atoms with Gasteiger partial charge in [-0.05, 0) is 49.6 Å². The Morgan fingerprint density at radius 1 is 1.10 bits per heavy atom. The second kappa shape index (κ2) is 8.71. The second-order valence-corrected chi connectivity index (χ2v) is 7.97. The van der Waals surface area contributed by atoms with Crippen LogP contribution in [0.15, 0.2) is 54.6 Å². The van der Waals surface area contributed by atoms with E-state index < -0.39 is 0 Å². The van der Waals surface area contributed by atoms with Gasteiger partial charge in [-0.2, -0.15) is 5.10 Å². The van der Waals surface area contributed by atoms with Crippen molar-refractivity contribution in [1.29, 1.82) is 0 Å². The standard InChI is InChI=1S/C23H23ClN4O2/c1-15-5-2-3-8-19(15)22(29)25-18-9-11-28(12-10-18)23(30)21-14-20(26-27-21)16-6-4-7-17(24)13-16/h2-8,13-14,18H,9-12H2,1H3,(H,25,29)(H,26,27). The van der Waals surface area contributed by atoms with E-state index in [1.165, 1.54) is 0 Å². The summed E-state index contributed by atoms with van der Waals surface area (Å²) in [7, 11) is 0. The van der Waals surface area contributed by atoms with Crippen LogP contribution in [0, 0.1) is 6.92 Å². The number of carbonyl (C=O) groups excluding carboxylic acids is 2. The Kier molecular flexibility index (Phi) is 5.86. The van der Waals surface area contributed by atoms with E-state index in [0.29, 0.717) is 35.1 Å². The van der Waals surface area contributed by atoms with Crippen molar-refractivity contribution in [3.63, 3.8) is 0 Å². The summed E-state index contributed by atoms with van der Waals surface area (Å²) >= 11 is 6.04. The molecule has 30 heavy (non-hydrogen) atoms. The fourth-order valence-corrected chi connectivity index (χ4v) is 3.91. The summed E-state index contributed by atoms with van der Waals surface area (Å²) in [4.78, 5) is 27.2. The minimum Gasteiger partial charge on any atom is -0.349 e. The molecule has 1 saturated heterocycles. The Morgan fingerprint density at radius 2 is 1.87 bits per heavy atom. The number of hydrogen-bond acceptors (Lipinski definition) is 3. The summed E-state index contributed by atoms with van der Waals surface area (Å²) in [6.45, 7) is 3.10. The van der Waals surface area contributed by atoms with Crippen LogP contribution >= 0.6 is 11.6 Å². The van der Waals surface area contributed by atoms with Gasteiger partial charge in [-0.15, -0.1) is 0 Å². The number of aryl methyl sites for hydroxylation is 1. The lowest BCUT2D eigenvalue weighted by Gasteiger charge is -2.32. The van der Waals surface area contributed by atoms with E-state index in [4.69, 9.17) is 11.6 Å². The topological polar surface area (TPSA) is 78.1 Å². The minimum absolute atomic E-state index is 0.0578.